The van der Waals surface area contributed by atoms with E-state index in [1.165, 1.54) is 91.1 Å². The van der Waals surface area contributed by atoms with E-state index in [9.17, 15) is 0 Å². The van der Waals surface area contributed by atoms with E-state index in [-0.39, 0.29) is 5.41 Å². The first kappa shape index (κ1) is 35.8. The topological polar surface area (TPSA) is 16.4 Å². The molecule has 300 valence electrons. The Balaban J connectivity index is 1.03. The van der Waals surface area contributed by atoms with E-state index in [2.05, 4.69) is 219 Å². The van der Waals surface area contributed by atoms with Crippen LogP contribution in [0.1, 0.15) is 25.0 Å². The van der Waals surface area contributed by atoms with Crippen LogP contribution in [0.5, 0.6) is 0 Å². The van der Waals surface area contributed by atoms with Crippen molar-refractivity contribution in [3.05, 3.63) is 211 Å². The summed E-state index contributed by atoms with van der Waals surface area (Å²) in [5.41, 5.74) is 12.7. The number of benzene rings is 11. The normalized spacial score (nSPS) is 13.3. The van der Waals surface area contributed by atoms with E-state index in [1.54, 1.807) is 0 Å². The Kier molecular flexibility index (Phi) is 7.36. The molecular weight excluding hydrogens is 795 g/mol. The Labute approximate surface area is 373 Å². The lowest BCUT2D eigenvalue weighted by Gasteiger charge is -2.28. The van der Waals surface area contributed by atoms with Gasteiger partial charge in [0.15, 0.2) is 0 Å². The second kappa shape index (κ2) is 13.2. The van der Waals surface area contributed by atoms with Gasteiger partial charge in [-0.1, -0.05) is 159 Å². The van der Waals surface area contributed by atoms with Gasteiger partial charge in [-0.15, -0.1) is 11.3 Å². The molecule has 0 spiro atoms. The van der Waals surface area contributed by atoms with Crippen molar-refractivity contribution in [1.29, 1.82) is 0 Å². The molecule has 3 heteroatoms. The second-order valence-electron chi connectivity index (χ2n) is 18.0. The van der Waals surface area contributed by atoms with Crippen LogP contribution in [0.25, 0.3) is 107 Å². The summed E-state index contributed by atoms with van der Waals surface area (Å²) in [4.78, 5) is 2.46. The molecule has 2 aromatic heterocycles. The molecule has 11 aromatic carbocycles. The first-order valence-corrected chi connectivity index (χ1v) is 23.0. The Bertz CT molecular complexity index is 4090. The molecule has 0 unspecified atom stereocenters. The maximum atomic E-state index is 7.07. The van der Waals surface area contributed by atoms with Gasteiger partial charge < -0.3 is 9.32 Å². The standard InChI is InChI=1S/C61H39NOS/c1-61(2)54-24-11-9-20-46(54)47-30-27-39(35-55(47)61)62(37-26-29-45-43-18-6-5-16-41(43)42-17-7-8-19-44(42)51(45)33-37)38-28-31-56-52(34-38)53-32-36-14-3-4-15-40(36)58(59(53)63-56)50-23-13-22-49-48-21-10-12-25-57(48)64-60(49)50/h3-35H,1-2H3. The van der Waals surface area contributed by atoms with E-state index in [0.29, 0.717) is 0 Å². The predicted octanol–water partition coefficient (Wildman–Crippen LogP) is 18.0. The molecule has 0 bridgehead atoms. The quantitative estimate of drug-likeness (QED) is 0.164. The van der Waals surface area contributed by atoms with Crippen LogP contribution in [0.3, 0.4) is 0 Å². The Morgan fingerprint density at radius 3 is 1.75 bits per heavy atom. The fraction of sp³-hybridized carbons (Fsp3) is 0.0492. The number of fused-ring (bicyclic) bond motifs is 16. The third-order valence-corrected chi connectivity index (χ3v) is 15.4. The molecule has 2 heterocycles. The van der Waals surface area contributed by atoms with Crippen molar-refractivity contribution >= 4 is 114 Å². The molecular formula is C61H39NOS. The van der Waals surface area contributed by atoms with Crippen LogP contribution in [0.4, 0.5) is 17.1 Å². The second-order valence-corrected chi connectivity index (χ2v) is 19.0. The van der Waals surface area contributed by atoms with Gasteiger partial charge in [0, 0.05) is 64.5 Å². The van der Waals surface area contributed by atoms with Gasteiger partial charge in [-0.2, -0.15) is 0 Å². The summed E-state index contributed by atoms with van der Waals surface area (Å²) in [5.74, 6) is 0. The van der Waals surface area contributed by atoms with Gasteiger partial charge in [-0.25, -0.2) is 0 Å². The van der Waals surface area contributed by atoms with Gasteiger partial charge in [0.1, 0.15) is 11.2 Å². The monoisotopic (exact) mass is 833 g/mol. The highest BCUT2D eigenvalue weighted by Gasteiger charge is 2.36. The van der Waals surface area contributed by atoms with Crippen LogP contribution in [0.2, 0.25) is 0 Å². The van der Waals surface area contributed by atoms with Crippen molar-refractivity contribution in [1.82, 2.24) is 0 Å². The van der Waals surface area contributed by atoms with Crippen LogP contribution in [0, 0.1) is 0 Å². The Morgan fingerprint density at radius 2 is 0.953 bits per heavy atom. The fourth-order valence-electron chi connectivity index (χ4n) is 11.2. The highest BCUT2D eigenvalue weighted by molar-refractivity contribution is 7.26. The summed E-state index contributed by atoms with van der Waals surface area (Å²) >= 11 is 1.87. The molecule has 1 aliphatic carbocycles. The van der Waals surface area contributed by atoms with Crippen molar-refractivity contribution in [3.63, 3.8) is 0 Å². The largest absolute Gasteiger partial charge is 0.455 e. The van der Waals surface area contributed by atoms with Gasteiger partial charge in [-0.3, -0.25) is 0 Å². The van der Waals surface area contributed by atoms with Crippen LogP contribution in [0.15, 0.2) is 205 Å². The molecule has 1 aliphatic rings. The van der Waals surface area contributed by atoms with Crippen molar-refractivity contribution in [2.24, 2.45) is 0 Å². The molecule has 0 fully saturated rings. The van der Waals surface area contributed by atoms with Crippen LogP contribution < -0.4 is 4.90 Å². The van der Waals surface area contributed by atoms with Crippen molar-refractivity contribution in [3.8, 4) is 22.3 Å². The lowest BCUT2D eigenvalue weighted by molar-refractivity contribution is 0.660. The zero-order chi connectivity index (χ0) is 42.3. The zero-order valence-corrected chi connectivity index (χ0v) is 36.1. The zero-order valence-electron chi connectivity index (χ0n) is 35.3. The summed E-state index contributed by atoms with van der Waals surface area (Å²) in [6.07, 6.45) is 0. The number of furan rings is 1. The third kappa shape index (κ3) is 4.96. The summed E-state index contributed by atoms with van der Waals surface area (Å²) in [6.45, 7) is 4.73. The lowest BCUT2D eigenvalue weighted by atomic mass is 9.82. The van der Waals surface area contributed by atoms with E-state index in [0.717, 1.165) is 44.6 Å². The van der Waals surface area contributed by atoms with Gasteiger partial charge in [0.05, 0.1) is 0 Å². The highest BCUT2D eigenvalue weighted by Crippen LogP contribution is 2.52. The number of rotatable bonds is 4. The van der Waals surface area contributed by atoms with Crippen LogP contribution >= 0.6 is 11.3 Å². The minimum atomic E-state index is -0.147. The Morgan fingerprint density at radius 1 is 0.391 bits per heavy atom. The minimum Gasteiger partial charge on any atom is -0.455 e. The Hall–Kier alpha value is -7.72. The van der Waals surface area contributed by atoms with E-state index >= 15 is 0 Å². The summed E-state index contributed by atoms with van der Waals surface area (Å²) in [6, 6.07) is 74.1. The molecule has 14 rings (SSSR count). The molecule has 0 N–H and O–H groups in total. The average molecular weight is 834 g/mol. The van der Waals surface area contributed by atoms with Gasteiger partial charge in [-0.05, 0) is 120 Å². The summed E-state index contributed by atoms with van der Waals surface area (Å²) < 4.78 is 9.65. The lowest BCUT2D eigenvalue weighted by Crippen LogP contribution is -2.16. The molecule has 2 nitrogen and oxygen atoms in total. The number of hydrogen-bond donors (Lipinski definition) is 0. The molecule has 0 radical (unpaired) electrons. The fourth-order valence-corrected chi connectivity index (χ4v) is 12.4. The number of anilines is 3. The predicted molar refractivity (Wildman–Crippen MR) is 274 cm³/mol. The van der Waals surface area contributed by atoms with Crippen LogP contribution in [-0.4, -0.2) is 0 Å². The minimum absolute atomic E-state index is 0.147. The van der Waals surface area contributed by atoms with Gasteiger partial charge >= 0.3 is 0 Å². The molecule has 0 saturated heterocycles. The summed E-state index contributed by atoms with van der Waals surface area (Å²) in [7, 11) is 0. The molecule has 64 heavy (non-hydrogen) atoms. The molecule has 13 aromatic rings. The summed E-state index contributed by atoms with van der Waals surface area (Å²) in [5, 5.41) is 14.8. The first-order valence-electron chi connectivity index (χ1n) is 22.2. The van der Waals surface area contributed by atoms with Crippen molar-refractivity contribution in [2.45, 2.75) is 19.3 Å². The van der Waals surface area contributed by atoms with Crippen molar-refractivity contribution in [2.75, 3.05) is 4.90 Å². The molecule has 0 saturated carbocycles. The third-order valence-electron chi connectivity index (χ3n) is 14.2. The highest BCUT2D eigenvalue weighted by atomic mass is 32.1. The number of thiophene rings is 1. The molecule has 0 atom stereocenters. The average Bonchev–Trinajstić information content (AvgIpc) is 3.98. The van der Waals surface area contributed by atoms with E-state index in [1.807, 2.05) is 11.3 Å². The SMILES string of the molecule is CC1(C)c2ccccc2-c2ccc(N(c3ccc4oc5c(-c6cccc7c6sc6ccccc67)c6ccccc6cc5c4c3)c3ccc4c5ccccc5c5ccccc5c4c3)cc21. The maximum absolute atomic E-state index is 7.07. The van der Waals surface area contributed by atoms with Crippen molar-refractivity contribution < 1.29 is 4.42 Å². The smallest absolute Gasteiger partial charge is 0.143 e. The van der Waals surface area contributed by atoms with Gasteiger partial charge in [0.2, 0.25) is 0 Å². The number of hydrogen-bond acceptors (Lipinski definition) is 3. The first-order chi connectivity index (χ1) is 31.5. The molecule has 0 amide bonds. The van der Waals surface area contributed by atoms with Crippen LogP contribution in [-0.2, 0) is 5.41 Å². The maximum Gasteiger partial charge on any atom is 0.143 e. The van der Waals surface area contributed by atoms with E-state index < -0.39 is 0 Å². The number of nitrogens with zero attached hydrogens (tertiary/aromatic N) is 1. The van der Waals surface area contributed by atoms with E-state index in [4.69, 9.17) is 4.42 Å². The molecule has 0 aliphatic heterocycles. The van der Waals surface area contributed by atoms with Gasteiger partial charge in [0.25, 0.3) is 0 Å².